The van der Waals surface area contributed by atoms with E-state index in [0.717, 1.165) is 5.92 Å². The SMILES string of the molecule is CCCCCCCCC(CCc1cc(CCC)cc(CCC)c1)Cc1cc(CCC)cc(CCC)c1. The van der Waals surface area contributed by atoms with Gasteiger partial charge >= 0.3 is 0 Å². The molecule has 0 saturated heterocycles. The third kappa shape index (κ3) is 12.1. The van der Waals surface area contributed by atoms with Gasteiger partial charge in [0.25, 0.3) is 0 Å². The molecule has 0 spiro atoms. The standard InChI is InChI=1S/C36H58/c1-6-11-12-13-14-15-20-30(23-36-28-33(18-9-4)25-34(29-36)19-10-5)21-22-35-26-31(16-7-2)24-32(27-35)17-8-3/h24-30H,6-23H2,1-5H3. The van der Waals surface area contributed by atoms with Gasteiger partial charge in [0.05, 0.1) is 0 Å². The molecule has 0 heteroatoms. The summed E-state index contributed by atoms with van der Waals surface area (Å²) in [5.74, 6) is 0.798. The van der Waals surface area contributed by atoms with Crippen LogP contribution in [0.1, 0.15) is 145 Å². The molecule has 1 atom stereocenters. The minimum absolute atomic E-state index is 0.798. The summed E-state index contributed by atoms with van der Waals surface area (Å²) in [4.78, 5) is 0. The highest BCUT2D eigenvalue weighted by Gasteiger charge is 2.13. The summed E-state index contributed by atoms with van der Waals surface area (Å²) in [5.41, 5.74) is 9.43. The van der Waals surface area contributed by atoms with Gasteiger partial charge in [-0.2, -0.15) is 0 Å². The van der Waals surface area contributed by atoms with Crippen molar-refractivity contribution in [3.8, 4) is 0 Å². The highest BCUT2D eigenvalue weighted by Crippen LogP contribution is 2.25. The first-order valence-electron chi connectivity index (χ1n) is 15.8. The molecule has 1 unspecified atom stereocenters. The molecule has 0 N–H and O–H groups in total. The molecule has 0 saturated carbocycles. The van der Waals surface area contributed by atoms with Crippen molar-refractivity contribution in [2.24, 2.45) is 5.92 Å². The second-order valence-electron chi connectivity index (χ2n) is 11.5. The van der Waals surface area contributed by atoms with Crippen LogP contribution in [0.5, 0.6) is 0 Å². The molecule has 0 aromatic heterocycles. The summed E-state index contributed by atoms with van der Waals surface area (Å²) in [7, 11) is 0. The minimum atomic E-state index is 0.798. The lowest BCUT2D eigenvalue weighted by Crippen LogP contribution is -2.08. The highest BCUT2D eigenvalue weighted by atomic mass is 14.2. The van der Waals surface area contributed by atoms with Gasteiger partial charge in [-0.25, -0.2) is 0 Å². The van der Waals surface area contributed by atoms with E-state index in [1.807, 2.05) is 0 Å². The average Bonchev–Trinajstić information content (AvgIpc) is 2.85. The van der Waals surface area contributed by atoms with Crippen molar-refractivity contribution in [3.05, 3.63) is 69.8 Å². The molecule has 0 fully saturated rings. The van der Waals surface area contributed by atoms with E-state index in [2.05, 4.69) is 71.0 Å². The summed E-state index contributed by atoms with van der Waals surface area (Å²) in [6.45, 7) is 11.6. The van der Waals surface area contributed by atoms with Crippen LogP contribution in [0, 0.1) is 5.92 Å². The Morgan fingerprint density at radius 2 is 0.778 bits per heavy atom. The lowest BCUT2D eigenvalue weighted by Gasteiger charge is -2.19. The van der Waals surface area contributed by atoms with Gasteiger partial charge in [0.2, 0.25) is 0 Å². The van der Waals surface area contributed by atoms with Crippen LogP contribution in [-0.4, -0.2) is 0 Å². The molecule has 0 aliphatic carbocycles. The van der Waals surface area contributed by atoms with Crippen LogP contribution < -0.4 is 0 Å². The monoisotopic (exact) mass is 490 g/mol. The molecule has 0 bridgehead atoms. The van der Waals surface area contributed by atoms with Crippen LogP contribution in [0.25, 0.3) is 0 Å². The van der Waals surface area contributed by atoms with Gasteiger partial charge in [0.1, 0.15) is 0 Å². The molecule has 202 valence electrons. The molecule has 0 nitrogen and oxygen atoms in total. The van der Waals surface area contributed by atoms with E-state index >= 15 is 0 Å². The molecule has 2 aromatic rings. The lowest BCUT2D eigenvalue weighted by atomic mass is 9.86. The summed E-state index contributed by atoms with van der Waals surface area (Å²) >= 11 is 0. The summed E-state index contributed by atoms with van der Waals surface area (Å²) < 4.78 is 0. The van der Waals surface area contributed by atoms with Crippen molar-refractivity contribution in [1.29, 1.82) is 0 Å². The molecule has 36 heavy (non-hydrogen) atoms. The van der Waals surface area contributed by atoms with Gasteiger partial charge < -0.3 is 0 Å². The summed E-state index contributed by atoms with van der Waals surface area (Å²) in [5, 5.41) is 0. The number of hydrogen-bond acceptors (Lipinski definition) is 0. The van der Waals surface area contributed by atoms with Gasteiger partial charge in [-0.15, -0.1) is 0 Å². The van der Waals surface area contributed by atoms with Crippen LogP contribution >= 0.6 is 0 Å². The molecule has 0 aliphatic heterocycles. The Balaban J connectivity index is 2.13. The van der Waals surface area contributed by atoms with Crippen molar-refractivity contribution in [2.45, 2.75) is 150 Å². The van der Waals surface area contributed by atoms with E-state index < -0.39 is 0 Å². The van der Waals surface area contributed by atoms with E-state index in [-0.39, 0.29) is 0 Å². The Kier molecular flexibility index (Phi) is 15.9. The highest BCUT2D eigenvalue weighted by molar-refractivity contribution is 5.32. The van der Waals surface area contributed by atoms with E-state index in [1.54, 1.807) is 33.4 Å². The van der Waals surface area contributed by atoms with E-state index in [9.17, 15) is 0 Å². The quantitative estimate of drug-likeness (QED) is 0.162. The minimum Gasteiger partial charge on any atom is -0.0654 e. The molecule has 2 rings (SSSR count). The maximum atomic E-state index is 2.54. The topological polar surface area (TPSA) is 0 Å². The zero-order valence-electron chi connectivity index (χ0n) is 24.8. The van der Waals surface area contributed by atoms with Crippen molar-refractivity contribution in [1.82, 2.24) is 0 Å². The zero-order valence-corrected chi connectivity index (χ0v) is 24.8. The predicted molar refractivity (Wildman–Crippen MR) is 162 cm³/mol. The Morgan fingerprint density at radius 1 is 0.389 bits per heavy atom. The van der Waals surface area contributed by atoms with Crippen molar-refractivity contribution < 1.29 is 0 Å². The smallest absolute Gasteiger partial charge is 0.0250 e. The Hall–Kier alpha value is -1.56. The lowest BCUT2D eigenvalue weighted by molar-refractivity contribution is 0.421. The van der Waals surface area contributed by atoms with Crippen molar-refractivity contribution in [3.63, 3.8) is 0 Å². The summed E-state index contributed by atoms with van der Waals surface area (Å²) in [6.07, 6.45) is 23.5. The Labute approximate surface area is 225 Å². The zero-order chi connectivity index (χ0) is 26.0. The van der Waals surface area contributed by atoms with Crippen LogP contribution in [0.4, 0.5) is 0 Å². The second-order valence-corrected chi connectivity index (χ2v) is 11.5. The second kappa shape index (κ2) is 18.6. The Bertz CT molecular complexity index is 781. The van der Waals surface area contributed by atoms with Gasteiger partial charge in [0.15, 0.2) is 0 Å². The first-order chi connectivity index (χ1) is 17.6. The Morgan fingerprint density at radius 3 is 1.22 bits per heavy atom. The van der Waals surface area contributed by atoms with Gasteiger partial charge in [0, 0.05) is 0 Å². The molecule has 0 radical (unpaired) electrons. The first kappa shape index (κ1) is 30.7. The number of rotatable bonds is 20. The fourth-order valence-corrected chi connectivity index (χ4v) is 5.94. The third-order valence-electron chi connectivity index (χ3n) is 7.71. The molecular weight excluding hydrogens is 432 g/mol. The maximum absolute atomic E-state index is 2.54. The van der Waals surface area contributed by atoms with Crippen molar-refractivity contribution in [2.75, 3.05) is 0 Å². The summed E-state index contributed by atoms with van der Waals surface area (Å²) in [6, 6.07) is 15.1. The van der Waals surface area contributed by atoms with Gasteiger partial charge in [-0.05, 0) is 84.2 Å². The number of unbranched alkanes of at least 4 members (excludes halogenated alkanes) is 5. The van der Waals surface area contributed by atoms with E-state index in [1.165, 1.54) is 116 Å². The third-order valence-corrected chi connectivity index (χ3v) is 7.71. The normalized spacial score (nSPS) is 12.2. The first-order valence-corrected chi connectivity index (χ1v) is 15.8. The molecule has 2 aromatic carbocycles. The largest absolute Gasteiger partial charge is 0.0654 e. The molecule has 0 aliphatic rings. The number of hydrogen-bond donors (Lipinski definition) is 0. The van der Waals surface area contributed by atoms with Gasteiger partial charge in [-0.1, -0.05) is 142 Å². The van der Waals surface area contributed by atoms with Crippen LogP contribution in [0.3, 0.4) is 0 Å². The fraction of sp³-hybridized carbons (Fsp3) is 0.667. The van der Waals surface area contributed by atoms with Crippen LogP contribution in [0.15, 0.2) is 36.4 Å². The van der Waals surface area contributed by atoms with Crippen LogP contribution in [-0.2, 0) is 38.5 Å². The predicted octanol–water partition coefficient (Wildman–Crippen LogP) is 11.0. The average molecular weight is 491 g/mol. The molecule has 0 heterocycles. The van der Waals surface area contributed by atoms with E-state index in [4.69, 9.17) is 0 Å². The van der Waals surface area contributed by atoms with Crippen LogP contribution in [0.2, 0.25) is 0 Å². The number of benzene rings is 2. The fourth-order valence-electron chi connectivity index (χ4n) is 5.94. The van der Waals surface area contributed by atoms with Crippen molar-refractivity contribution >= 4 is 0 Å². The van der Waals surface area contributed by atoms with E-state index in [0.29, 0.717) is 0 Å². The molecular formula is C36H58. The number of aryl methyl sites for hydroxylation is 5. The molecule has 0 amide bonds. The van der Waals surface area contributed by atoms with Gasteiger partial charge in [-0.3, -0.25) is 0 Å². The maximum Gasteiger partial charge on any atom is -0.0250 e.